The van der Waals surface area contributed by atoms with Crippen molar-refractivity contribution in [1.29, 1.82) is 0 Å². The molecule has 2 aromatic carbocycles. The molecule has 0 bridgehead atoms. The average molecular weight is 400 g/mol. The van der Waals surface area contributed by atoms with Gasteiger partial charge < -0.3 is 41.1 Å². The van der Waals surface area contributed by atoms with E-state index >= 15 is 0 Å². The SMILES string of the molecule is [Cu].[O-]c1c(/C=N/O)ccc(O)c1O.[O-]c1c(/C=N\O)ccc(O)c1O. The normalized spacial score (nSPS) is 10.2. The minimum Gasteiger partial charge on any atom is -0.869 e. The molecule has 0 aliphatic heterocycles. The summed E-state index contributed by atoms with van der Waals surface area (Å²) in [6.07, 6.45) is 1.75. The molecule has 0 aromatic heterocycles. The number of hydrogen-bond donors (Lipinski definition) is 6. The Labute approximate surface area is 151 Å². The van der Waals surface area contributed by atoms with Crippen molar-refractivity contribution in [2.24, 2.45) is 10.3 Å². The van der Waals surface area contributed by atoms with Gasteiger partial charge in [0, 0.05) is 17.1 Å². The van der Waals surface area contributed by atoms with Gasteiger partial charge in [0.1, 0.15) is 11.5 Å². The Hall–Kier alpha value is -3.30. The van der Waals surface area contributed by atoms with Gasteiger partial charge in [-0.15, -0.1) is 0 Å². The molecule has 0 amide bonds. The van der Waals surface area contributed by atoms with Gasteiger partial charge in [-0.1, -0.05) is 21.8 Å². The fourth-order valence-corrected chi connectivity index (χ4v) is 1.48. The largest absolute Gasteiger partial charge is 0.869 e. The quantitative estimate of drug-likeness (QED) is 0.133. The van der Waals surface area contributed by atoms with Gasteiger partial charge >= 0.3 is 0 Å². The van der Waals surface area contributed by atoms with Crippen LogP contribution in [0.2, 0.25) is 0 Å². The van der Waals surface area contributed by atoms with E-state index in [4.69, 9.17) is 30.8 Å². The molecule has 139 valence electrons. The fourth-order valence-electron chi connectivity index (χ4n) is 1.48. The van der Waals surface area contributed by atoms with E-state index in [1.807, 2.05) is 0 Å². The van der Waals surface area contributed by atoms with E-state index in [0.717, 1.165) is 24.6 Å². The first-order chi connectivity index (χ1) is 11.3. The number of rotatable bonds is 2. The molecule has 2 rings (SSSR count). The maximum absolute atomic E-state index is 11.0. The first-order valence-corrected chi connectivity index (χ1v) is 6.12. The molecule has 11 heteroatoms. The third-order valence-corrected chi connectivity index (χ3v) is 2.67. The Bertz CT molecular complexity index is 714. The summed E-state index contributed by atoms with van der Waals surface area (Å²) in [7, 11) is 0. The summed E-state index contributed by atoms with van der Waals surface area (Å²) in [5.41, 5.74) is 0.0144. The number of nitrogens with zero attached hydrogens (tertiary/aromatic N) is 2. The summed E-state index contributed by atoms with van der Waals surface area (Å²) in [6, 6.07) is 4.73. The second-order valence-electron chi connectivity index (χ2n) is 4.19. The molecule has 0 saturated carbocycles. The van der Waals surface area contributed by atoms with Crippen molar-refractivity contribution in [2.75, 3.05) is 0 Å². The average Bonchev–Trinajstić information content (AvgIpc) is 2.57. The molecular formula is C14H12CuN2O8-2. The summed E-state index contributed by atoms with van der Waals surface area (Å²) >= 11 is 0. The molecule has 0 aliphatic rings. The van der Waals surface area contributed by atoms with Crippen LogP contribution in [0.15, 0.2) is 34.6 Å². The van der Waals surface area contributed by atoms with Crippen LogP contribution in [0, 0.1) is 0 Å². The summed E-state index contributed by atoms with van der Waals surface area (Å²) < 4.78 is 0. The smallest absolute Gasteiger partial charge is 0.156 e. The van der Waals surface area contributed by atoms with Gasteiger partial charge in [-0.2, -0.15) is 0 Å². The standard InChI is InChI=1S/2C7H7NO4.Cu/c2*9-5-2-1-4(3-8-12)6(10)7(5)11;/h2*1-3,9-12H;/p-2/b8-3+;8-3-;. The Morgan fingerprint density at radius 2 is 1.00 bits per heavy atom. The molecular weight excluding hydrogens is 388 g/mol. The number of oxime groups is 2. The molecule has 0 aliphatic carbocycles. The summed E-state index contributed by atoms with van der Waals surface area (Å²) in [5, 5.41) is 78.8. The molecule has 1 radical (unpaired) electrons. The summed E-state index contributed by atoms with van der Waals surface area (Å²) in [6.45, 7) is 0. The van der Waals surface area contributed by atoms with Crippen molar-refractivity contribution in [3.05, 3.63) is 35.4 Å². The van der Waals surface area contributed by atoms with Crippen molar-refractivity contribution in [2.45, 2.75) is 0 Å². The van der Waals surface area contributed by atoms with Crippen LogP contribution >= 0.6 is 0 Å². The molecule has 0 spiro atoms. The van der Waals surface area contributed by atoms with E-state index in [2.05, 4.69) is 10.3 Å². The first-order valence-electron chi connectivity index (χ1n) is 6.12. The molecule has 0 atom stereocenters. The van der Waals surface area contributed by atoms with Gasteiger partial charge in [-0.3, -0.25) is 0 Å². The third-order valence-electron chi connectivity index (χ3n) is 2.67. The number of aromatic hydroxyl groups is 4. The molecule has 0 unspecified atom stereocenters. The summed E-state index contributed by atoms with van der Waals surface area (Å²) in [4.78, 5) is 0. The second kappa shape index (κ2) is 9.75. The zero-order chi connectivity index (χ0) is 18.3. The number of phenolic OH excluding ortho intramolecular Hbond substituents is 4. The predicted molar refractivity (Wildman–Crippen MR) is 77.2 cm³/mol. The van der Waals surface area contributed by atoms with Crippen LogP contribution in [0.4, 0.5) is 0 Å². The van der Waals surface area contributed by atoms with Gasteiger partial charge in [-0.25, -0.2) is 0 Å². The Morgan fingerprint density at radius 3 is 1.28 bits per heavy atom. The Kier molecular flexibility index (Phi) is 8.47. The molecule has 25 heavy (non-hydrogen) atoms. The van der Waals surface area contributed by atoms with E-state index in [1.165, 1.54) is 12.1 Å². The maximum atomic E-state index is 11.0. The van der Waals surface area contributed by atoms with Crippen LogP contribution in [0.3, 0.4) is 0 Å². The zero-order valence-electron chi connectivity index (χ0n) is 12.2. The predicted octanol–water partition coefficient (Wildman–Crippen LogP) is -0.0435. The van der Waals surface area contributed by atoms with Crippen molar-refractivity contribution >= 4 is 12.4 Å². The number of phenols is 4. The van der Waals surface area contributed by atoms with Crippen LogP contribution in [0.1, 0.15) is 11.1 Å². The number of benzene rings is 2. The van der Waals surface area contributed by atoms with E-state index in [0.29, 0.717) is 0 Å². The van der Waals surface area contributed by atoms with Crippen molar-refractivity contribution in [3.8, 4) is 34.5 Å². The first kappa shape index (κ1) is 21.7. The van der Waals surface area contributed by atoms with Crippen molar-refractivity contribution < 1.29 is 58.1 Å². The monoisotopic (exact) mass is 399 g/mol. The minimum absolute atomic E-state index is 0. The van der Waals surface area contributed by atoms with Crippen LogP contribution in [0.25, 0.3) is 0 Å². The van der Waals surface area contributed by atoms with Crippen LogP contribution in [-0.4, -0.2) is 43.3 Å². The van der Waals surface area contributed by atoms with Crippen LogP contribution in [0.5, 0.6) is 34.5 Å². The van der Waals surface area contributed by atoms with E-state index < -0.39 is 34.5 Å². The summed E-state index contributed by atoms with van der Waals surface area (Å²) in [5.74, 6) is -4.01. The van der Waals surface area contributed by atoms with Crippen LogP contribution < -0.4 is 10.2 Å². The van der Waals surface area contributed by atoms with Gasteiger partial charge in [0.2, 0.25) is 0 Å². The molecule has 6 N–H and O–H groups in total. The molecule has 10 nitrogen and oxygen atoms in total. The third kappa shape index (κ3) is 5.37. The number of hydrogen-bond acceptors (Lipinski definition) is 10. The van der Waals surface area contributed by atoms with E-state index in [9.17, 15) is 10.2 Å². The minimum atomic E-state index is -0.771. The molecule has 0 heterocycles. The Balaban J connectivity index is 0.000000443. The molecule has 0 fully saturated rings. The van der Waals surface area contributed by atoms with Crippen molar-refractivity contribution in [3.63, 3.8) is 0 Å². The van der Waals surface area contributed by atoms with Crippen LogP contribution in [-0.2, 0) is 17.1 Å². The second-order valence-corrected chi connectivity index (χ2v) is 4.19. The topological polar surface area (TPSA) is 192 Å². The fraction of sp³-hybridized carbons (Fsp3) is 0. The van der Waals surface area contributed by atoms with Crippen molar-refractivity contribution in [1.82, 2.24) is 0 Å². The van der Waals surface area contributed by atoms with E-state index in [-0.39, 0.29) is 28.2 Å². The van der Waals surface area contributed by atoms with Gasteiger partial charge in [0.15, 0.2) is 11.5 Å². The van der Waals surface area contributed by atoms with Gasteiger partial charge in [-0.05, 0) is 35.4 Å². The molecule has 2 aromatic rings. The maximum Gasteiger partial charge on any atom is 0.156 e. The van der Waals surface area contributed by atoms with Gasteiger partial charge in [0.05, 0.1) is 12.4 Å². The van der Waals surface area contributed by atoms with Gasteiger partial charge in [0.25, 0.3) is 0 Å². The Morgan fingerprint density at radius 1 is 0.680 bits per heavy atom. The zero-order valence-corrected chi connectivity index (χ0v) is 13.1. The van der Waals surface area contributed by atoms with E-state index in [1.54, 1.807) is 0 Å². The molecule has 0 saturated heterocycles.